The molecule has 0 N–H and O–H groups in total. The summed E-state index contributed by atoms with van der Waals surface area (Å²) in [6, 6.07) is 7.29. The second-order valence-electron chi connectivity index (χ2n) is 3.99. The van der Waals surface area contributed by atoms with Gasteiger partial charge in [-0.25, -0.2) is 0 Å². The van der Waals surface area contributed by atoms with E-state index in [1.54, 1.807) is 19.3 Å². The monoisotopic (exact) mass is 278 g/mol. The van der Waals surface area contributed by atoms with Gasteiger partial charge in [-0.3, -0.25) is 9.59 Å². The number of hydrogen-bond donors (Lipinski definition) is 0. The number of methoxy groups -OCH3 is 1. The lowest BCUT2D eigenvalue weighted by atomic mass is 10.2. The topological polar surface area (TPSA) is 61.8 Å². The molecule has 0 saturated heterocycles. The number of hydrogen-bond acceptors (Lipinski definition) is 5. The van der Waals surface area contributed by atoms with Gasteiger partial charge in [-0.2, -0.15) is 0 Å². The van der Waals surface area contributed by atoms with Crippen molar-refractivity contribution >= 4 is 11.9 Å². The van der Waals surface area contributed by atoms with E-state index in [-0.39, 0.29) is 31.6 Å². The first-order valence-corrected chi connectivity index (χ1v) is 6.18. The summed E-state index contributed by atoms with van der Waals surface area (Å²) in [5.41, 5.74) is 0.892. The molecule has 0 saturated carbocycles. The Labute approximate surface area is 118 Å². The van der Waals surface area contributed by atoms with Crippen molar-refractivity contribution in [2.24, 2.45) is 0 Å². The molecule has 0 unspecified atom stereocenters. The number of esters is 2. The van der Waals surface area contributed by atoms with Gasteiger partial charge in [-0.15, -0.1) is 0 Å². The van der Waals surface area contributed by atoms with Crippen LogP contribution >= 0.6 is 0 Å². The second kappa shape index (κ2) is 8.74. The van der Waals surface area contributed by atoms with Gasteiger partial charge in [-0.05, 0) is 17.7 Å². The molecule has 0 fully saturated rings. The maximum absolute atomic E-state index is 11.4. The highest BCUT2D eigenvalue weighted by Gasteiger charge is 2.01. The fourth-order valence-electron chi connectivity index (χ4n) is 1.36. The van der Waals surface area contributed by atoms with Crippen LogP contribution < -0.4 is 4.74 Å². The molecule has 20 heavy (non-hydrogen) atoms. The Kier molecular flexibility index (Phi) is 6.89. The summed E-state index contributed by atoms with van der Waals surface area (Å²) in [5.74, 6) is 0.0742. The predicted molar refractivity (Wildman–Crippen MR) is 73.2 cm³/mol. The lowest BCUT2D eigenvalue weighted by molar-refractivity contribution is -0.143. The molecule has 0 spiro atoms. The molecule has 0 heterocycles. The highest BCUT2D eigenvalue weighted by atomic mass is 16.5. The Morgan fingerprint density at radius 1 is 1.10 bits per heavy atom. The summed E-state index contributed by atoms with van der Waals surface area (Å²) in [6.07, 6.45) is 3.37. The van der Waals surface area contributed by atoms with Crippen LogP contribution in [0.25, 0.3) is 0 Å². The Morgan fingerprint density at radius 3 is 2.40 bits per heavy atom. The molecule has 0 aromatic heterocycles. The molecule has 1 rings (SSSR count). The van der Waals surface area contributed by atoms with Gasteiger partial charge in [0.1, 0.15) is 19.0 Å². The third-order valence-corrected chi connectivity index (χ3v) is 2.39. The molecule has 0 aliphatic rings. The zero-order chi connectivity index (χ0) is 14.8. The van der Waals surface area contributed by atoms with E-state index in [1.807, 2.05) is 24.3 Å². The van der Waals surface area contributed by atoms with E-state index in [4.69, 9.17) is 9.47 Å². The van der Waals surface area contributed by atoms with Gasteiger partial charge in [0.2, 0.25) is 0 Å². The molecular formula is C15H18O5. The molecule has 0 aliphatic heterocycles. The Morgan fingerprint density at radius 2 is 1.80 bits per heavy atom. The van der Waals surface area contributed by atoms with Crippen LogP contribution in [0.15, 0.2) is 36.4 Å². The molecule has 0 aliphatic carbocycles. The van der Waals surface area contributed by atoms with Gasteiger partial charge in [-0.1, -0.05) is 24.3 Å². The van der Waals surface area contributed by atoms with Crippen LogP contribution in [0.3, 0.4) is 0 Å². The van der Waals surface area contributed by atoms with Crippen molar-refractivity contribution in [3.05, 3.63) is 42.0 Å². The lowest BCUT2D eigenvalue weighted by Gasteiger charge is -2.04. The molecule has 1 aromatic rings. The molecule has 1 aromatic carbocycles. The summed E-state index contributed by atoms with van der Waals surface area (Å²) in [5, 5.41) is 0. The quantitative estimate of drug-likeness (QED) is 0.565. The molecular weight excluding hydrogens is 260 g/mol. The molecule has 0 amide bonds. The van der Waals surface area contributed by atoms with Gasteiger partial charge in [0, 0.05) is 6.92 Å². The van der Waals surface area contributed by atoms with Gasteiger partial charge in [0.25, 0.3) is 0 Å². The molecule has 0 atom stereocenters. The van der Waals surface area contributed by atoms with Crippen LogP contribution in [0.1, 0.15) is 18.9 Å². The highest BCUT2D eigenvalue weighted by molar-refractivity contribution is 5.71. The van der Waals surface area contributed by atoms with E-state index >= 15 is 0 Å². The van der Waals surface area contributed by atoms with Crippen molar-refractivity contribution in [1.29, 1.82) is 0 Å². The van der Waals surface area contributed by atoms with Crippen molar-refractivity contribution in [2.45, 2.75) is 20.0 Å². The maximum Gasteiger partial charge on any atom is 0.309 e. The minimum absolute atomic E-state index is 0.150. The molecule has 5 heteroatoms. The number of rotatable bonds is 7. The second-order valence-corrected chi connectivity index (χ2v) is 3.99. The van der Waals surface area contributed by atoms with Crippen LogP contribution in [0, 0.1) is 0 Å². The minimum atomic E-state index is -0.350. The van der Waals surface area contributed by atoms with Crippen molar-refractivity contribution in [2.75, 3.05) is 13.7 Å². The fraction of sp³-hybridized carbons (Fsp3) is 0.333. The van der Waals surface area contributed by atoms with Crippen LogP contribution in [0.4, 0.5) is 0 Å². The number of ether oxygens (including phenoxy) is 3. The van der Waals surface area contributed by atoms with Gasteiger partial charge >= 0.3 is 11.9 Å². The minimum Gasteiger partial charge on any atom is -0.497 e. The molecule has 0 radical (unpaired) electrons. The smallest absolute Gasteiger partial charge is 0.309 e. The average Bonchev–Trinajstić information content (AvgIpc) is 2.45. The van der Waals surface area contributed by atoms with Crippen LogP contribution in [0.2, 0.25) is 0 Å². The summed E-state index contributed by atoms with van der Waals surface area (Å²) in [6.45, 7) is 1.72. The Balaban J connectivity index is 2.23. The van der Waals surface area contributed by atoms with Crippen LogP contribution in [-0.4, -0.2) is 25.7 Å². The molecule has 108 valence electrons. The first-order valence-electron chi connectivity index (χ1n) is 6.18. The van der Waals surface area contributed by atoms with E-state index in [0.29, 0.717) is 0 Å². The first kappa shape index (κ1) is 15.8. The SMILES string of the molecule is COc1ccc(COC(=O)C/C=C/COC(C)=O)cc1. The van der Waals surface area contributed by atoms with E-state index in [1.165, 1.54) is 6.92 Å². The molecule has 0 bridgehead atoms. The van der Waals surface area contributed by atoms with Crippen molar-refractivity contribution < 1.29 is 23.8 Å². The van der Waals surface area contributed by atoms with Gasteiger partial charge in [0.05, 0.1) is 13.5 Å². The van der Waals surface area contributed by atoms with E-state index in [2.05, 4.69) is 4.74 Å². The van der Waals surface area contributed by atoms with Gasteiger partial charge in [0.15, 0.2) is 0 Å². The summed E-state index contributed by atoms with van der Waals surface area (Å²) in [7, 11) is 1.59. The van der Waals surface area contributed by atoms with Crippen molar-refractivity contribution in [3.63, 3.8) is 0 Å². The number of carbonyl (C=O) groups excluding carboxylic acids is 2. The standard InChI is InChI=1S/C15H18O5/c1-12(16)19-10-4-3-5-15(17)20-11-13-6-8-14(18-2)9-7-13/h3-4,6-9H,5,10-11H2,1-2H3/b4-3+. The lowest BCUT2D eigenvalue weighted by Crippen LogP contribution is -2.03. The highest BCUT2D eigenvalue weighted by Crippen LogP contribution is 2.12. The Bertz CT molecular complexity index is 462. The third-order valence-electron chi connectivity index (χ3n) is 2.39. The summed E-state index contributed by atoms with van der Waals surface area (Å²) in [4.78, 5) is 21.9. The third kappa shape index (κ3) is 6.58. The van der Waals surface area contributed by atoms with Crippen LogP contribution in [0.5, 0.6) is 5.75 Å². The normalized spacial score (nSPS) is 10.3. The Hall–Kier alpha value is -2.30. The zero-order valence-corrected chi connectivity index (χ0v) is 11.6. The van der Waals surface area contributed by atoms with Gasteiger partial charge < -0.3 is 14.2 Å². The zero-order valence-electron chi connectivity index (χ0n) is 11.6. The predicted octanol–water partition coefficient (Wildman–Crippen LogP) is 2.25. The van der Waals surface area contributed by atoms with E-state index in [0.717, 1.165) is 11.3 Å². The first-order chi connectivity index (χ1) is 9.61. The van der Waals surface area contributed by atoms with E-state index < -0.39 is 0 Å². The number of benzene rings is 1. The fourth-order valence-corrected chi connectivity index (χ4v) is 1.36. The van der Waals surface area contributed by atoms with Crippen molar-refractivity contribution in [3.8, 4) is 5.75 Å². The van der Waals surface area contributed by atoms with Crippen LogP contribution in [-0.2, 0) is 25.7 Å². The van der Waals surface area contributed by atoms with E-state index in [9.17, 15) is 9.59 Å². The molecule has 5 nitrogen and oxygen atoms in total. The maximum atomic E-state index is 11.4. The van der Waals surface area contributed by atoms with Crippen molar-refractivity contribution in [1.82, 2.24) is 0 Å². The average molecular weight is 278 g/mol. The number of carbonyl (C=O) groups is 2. The summed E-state index contributed by atoms with van der Waals surface area (Å²) < 4.78 is 14.8. The largest absolute Gasteiger partial charge is 0.497 e. The summed E-state index contributed by atoms with van der Waals surface area (Å²) >= 11 is 0.